The van der Waals surface area contributed by atoms with Gasteiger partial charge in [0.25, 0.3) is 0 Å². The number of nitrogens with zero attached hydrogens (tertiary/aromatic N) is 1. The van der Waals surface area contributed by atoms with Crippen LogP contribution < -0.4 is 18.9 Å². The highest BCUT2D eigenvalue weighted by molar-refractivity contribution is 6.01. The minimum absolute atomic E-state index is 0.475. The van der Waals surface area contributed by atoms with Gasteiger partial charge >= 0.3 is 0 Å². The van der Waals surface area contributed by atoms with Crippen molar-refractivity contribution in [2.45, 2.75) is 33.0 Å². The summed E-state index contributed by atoms with van der Waals surface area (Å²) in [5.41, 5.74) is 5.03. The predicted octanol–water partition coefficient (Wildman–Crippen LogP) is 5.27. The van der Waals surface area contributed by atoms with E-state index in [1.807, 2.05) is 6.07 Å². The van der Waals surface area contributed by atoms with E-state index in [0.717, 1.165) is 52.4 Å². The minimum Gasteiger partial charge on any atom is -0.493 e. The highest BCUT2D eigenvalue weighted by atomic mass is 16.5. The molecule has 0 unspecified atom stereocenters. The molecule has 0 saturated heterocycles. The molecular formula is C25H29NO4. The second-order valence-electron chi connectivity index (χ2n) is 7.89. The van der Waals surface area contributed by atoms with Crippen LogP contribution in [0.25, 0.3) is 21.9 Å². The molecule has 158 valence electrons. The zero-order valence-corrected chi connectivity index (χ0v) is 18.5. The van der Waals surface area contributed by atoms with E-state index in [-0.39, 0.29) is 0 Å². The third-order valence-electron chi connectivity index (χ3n) is 5.98. The summed E-state index contributed by atoms with van der Waals surface area (Å²) in [4.78, 5) is 2.49. The lowest BCUT2D eigenvalue weighted by Crippen LogP contribution is -2.24. The Labute approximate surface area is 178 Å². The normalized spacial score (nSPS) is 13.6. The fraction of sp³-hybridized carbons (Fsp3) is 0.360. The molecule has 1 aliphatic heterocycles. The van der Waals surface area contributed by atoms with Crippen LogP contribution >= 0.6 is 0 Å². The van der Waals surface area contributed by atoms with E-state index in [2.05, 4.69) is 49.1 Å². The van der Waals surface area contributed by atoms with Crippen molar-refractivity contribution in [2.24, 2.45) is 0 Å². The molecule has 1 heterocycles. The van der Waals surface area contributed by atoms with Crippen molar-refractivity contribution in [1.29, 1.82) is 0 Å². The predicted molar refractivity (Wildman–Crippen MR) is 120 cm³/mol. The molecule has 4 rings (SSSR count). The third kappa shape index (κ3) is 3.33. The first-order valence-electron chi connectivity index (χ1n) is 10.2. The Morgan fingerprint density at radius 2 is 1.37 bits per heavy atom. The lowest BCUT2D eigenvalue weighted by Gasteiger charge is -2.19. The molecule has 0 amide bonds. The van der Waals surface area contributed by atoms with Crippen molar-refractivity contribution in [1.82, 2.24) is 4.90 Å². The number of benzene rings is 3. The van der Waals surface area contributed by atoms with Gasteiger partial charge in [-0.2, -0.15) is 0 Å². The number of hydrogen-bond donors (Lipinski definition) is 0. The summed E-state index contributed by atoms with van der Waals surface area (Å²) in [6.07, 6.45) is 0. The Morgan fingerprint density at radius 1 is 0.733 bits per heavy atom. The lowest BCUT2D eigenvalue weighted by atomic mass is 9.90. The molecule has 3 aromatic rings. The molecule has 0 bridgehead atoms. The van der Waals surface area contributed by atoms with Gasteiger partial charge in [-0.3, -0.25) is 4.90 Å². The second-order valence-corrected chi connectivity index (χ2v) is 7.89. The van der Waals surface area contributed by atoms with E-state index in [1.54, 1.807) is 28.4 Å². The number of fused-ring (bicyclic) bond motifs is 2. The van der Waals surface area contributed by atoms with E-state index in [0.29, 0.717) is 6.04 Å². The van der Waals surface area contributed by atoms with E-state index >= 15 is 0 Å². The Kier molecular flexibility index (Phi) is 5.48. The van der Waals surface area contributed by atoms with Gasteiger partial charge in [-0.1, -0.05) is 6.07 Å². The highest BCUT2D eigenvalue weighted by Gasteiger charge is 2.27. The molecule has 0 radical (unpaired) electrons. The van der Waals surface area contributed by atoms with Crippen LogP contribution in [0.1, 0.15) is 25.0 Å². The van der Waals surface area contributed by atoms with Crippen LogP contribution in [0, 0.1) is 0 Å². The summed E-state index contributed by atoms with van der Waals surface area (Å²) in [5.74, 6) is 2.91. The fourth-order valence-electron chi connectivity index (χ4n) is 4.31. The van der Waals surface area contributed by atoms with Crippen molar-refractivity contribution in [3.05, 3.63) is 47.5 Å². The molecule has 30 heavy (non-hydrogen) atoms. The van der Waals surface area contributed by atoms with Crippen molar-refractivity contribution in [2.75, 3.05) is 28.4 Å². The molecule has 3 aromatic carbocycles. The van der Waals surface area contributed by atoms with Gasteiger partial charge in [-0.05, 0) is 77.2 Å². The van der Waals surface area contributed by atoms with Crippen molar-refractivity contribution >= 4 is 10.8 Å². The molecule has 0 aromatic heterocycles. The van der Waals surface area contributed by atoms with Gasteiger partial charge in [0.2, 0.25) is 0 Å². The monoisotopic (exact) mass is 407 g/mol. The maximum atomic E-state index is 5.62. The van der Waals surface area contributed by atoms with Gasteiger partial charge in [0.05, 0.1) is 28.4 Å². The van der Waals surface area contributed by atoms with Crippen LogP contribution in [0.15, 0.2) is 36.4 Å². The molecule has 0 spiro atoms. The molecule has 0 aliphatic carbocycles. The smallest absolute Gasteiger partial charge is 0.161 e. The first-order chi connectivity index (χ1) is 14.5. The molecular weight excluding hydrogens is 378 g/mol. The van der Waals surface area contributed by atoms with Crippen molar-refractivity contribution in [3.63, 3.8) is 0 Å². The summed E-state index contributed by atoms with van der Waals surface area (Å²) < 4.78 is 22.2. The van der Waals surface area contributed by atoms with Crippen LogP contribution in [0.4, 0.5) is 0 Å². The van der Waals surface area contributed by atoms with E-state index in [9.17, 15) is 0 Å². The maximum Gasteiger partial charge on any atom is 0.161 e. The van der Waals surface area contributed by atoms with Gasteiger partial charge < -0.3 is 18.9 Å². The molecule has 0 saturated carbocycles. The van der Waals surface area contributed by atoms with Gasteiger partial charge in [-0.25, -0.2) is 0 Å². The molecule has 0 atom stereocenters. The second kappa shape index (κ2) is 8.07. The van der Waals surface area contributed by atoms with Crippen LogP contribution in [-0.2, 0) is 13.1 Å². The van der Waals surface area contributed by atoms with E-state index < -0.39 is 0 Å². The maximum absolute atomic E-state index is 5.62. The SMILES string of the molecule is COc1ccc(-c2c3c(cc4cc(OC)c(OC)cc24)CN(C(C)C)C3)cc1OC. The summed E-state index contributed by atoms with van der Waals surface area (Å²) in [6.45, 7) is 6.35. The van der Waals surface area contributed by atoms with Crippen molar-refractivity contribution in [3.8, 4) is 34.1 Å². The quantitative estimate of drug-likeness (QED) is 0.557. The highest BCUT2D eigenvalue weighted by Crippen LogP contribution is 2.44. The summed E-state index contributed by atoms with van der Waals surface area (Å²) >= 11 is 0. The first-order valence-corrected chi connectivity index (χ1v) is 10.2. The number of hydrogen-bond acceptors (Lipinski definition) is 5. The molecule has 5 heteroatoms. The summed E-state index contributed by atoms with van der Waals surface area (Å²) in [5, 5.41) is 2.28. The Hall–Kier alpha value is -2.92. The Balaban J connectivity index is 2.02. The standard InChI is InChI=1S/C25H29NO4/c1-15(2)26-13-18-9-17-11-23(29-5)24(30-6)12-19(17)25(20(18)14-26)16-7-8-21(27-3)22(10-16)28-4/h7-12,15H,13-14H2,1-6H3. The first kappa shape index (κ1) is 20.4. The Morgan fingerprint density at radius 3 is 2.00 bits per heavy atom. The molecule has 0 fully saturated rings. The van der Waals surface area contributed by atoms with E-state index in [1.165, 1.54) is 16.7 Å². The van der Waals surface area contributed by atoms with Gasteiger partial charge in [-0.15, -0.1) is 0 Å². The Bertz CT molecular complexity index is 1090. The van der Waals surface area contributed by atoms with Gasteiger partial charge in [0, 0.05) is 19.1 Å². The van der Waals surface area contributed by atoms with Gasteiger partial charge in [0.1, 0.15) is 0 Å². The fourth-order valence-corrected chi connectivity index (χ4v) is 4.31. The van der Waals surface area contributed by atoms with Gasteiger partial charge in [0.15, 0.2) is 23.0 Å². The number of rotatable bonds is 6. The zero-order valence-electron chi connectivity index (χ0n) is 18.5. The van der Waals surface area contributed by atoms with Crippen molar-refractivity contribution < 1.29 is 18.9 Å². The van der Waals surface area contributed by atoms with Crippen LogP contribution in [-0.4, -0.2) is 39.4 Å². The number of ether oxygens (including phenoxy) is 4. The minimum atomic E-state index is 0.475. The third-order valence-corrected chi connectivity index (χ3v) is 5.98. The zero-order chi connectivity index (χ0) is 21.4. The molecule has 0 N–H and O–H groups in total. The topological polar surface area (TPSA) is 40.2 Å². The summed E-state index contributed by atoms with van der Waals surface area (Å²) in [7, 11) is 6.68. The summed E-state index contributed by atoms with van der Waals surface area (Å²) in [6, 6.07) is 13.0. The largest absolute Gasteiger partial charge is 0.493 e. The number of methoxy groups -OCH3 is 4. The van der Waals surface area contributed by atoms with Crippen LogP contribution in [0.2, 0.25) is 0 Å². The van der Waals surface area contributed by atoms with Crippen LogP contribution in [0.3, 0.4) is 0 Å². The lowest BCUT2D eigenvalue weighted by molar-refractivity contribution is 0.227. The molecule has 5 nitrogen and oxygen atoms in total. The molecule has 1 aliphatic rings. The van der Waals surface area contributed by atoms with E-state index in [4.69, 9.17) is 18.9 Å². The average Bonchev–Trinajstić information content (AvgIpc) is 3.19. The van der Waals surface area contributed by atoms with Crippen LogP contribution in [0.5, 0.6) is 23.0 Å². The average molecular weight is 408 g/mol.